The van der Waals surface area contributed by atoms with Crippen molar-refractivity contribution < 1.29 is 4.92 Å². The van der Waals surface area contributed by atoms with Crippen molar-refractivity contribution in [2.24, 2.45) is 0 Å². The van der Waals surface area contributed by atoms with E-state index in [-0.39, 0.29) is 17.5 Å². The lowest BCUT2D eigenvalue weighted by molar-refractivity contribution is -0.384. The van der Waals surface area contributed by atoms with Crippen LogP contribution in [0.4, 0.5) is 17.2 Å². The van der Waals surface area contributed by atoms with Crippen LogP contribution in [0.15, 0.2) is 24.7 Å². The molecule has 2 aromatic rings. The fourth-order valence-electron chi connectivity index (χ4n) is 1.69. The average Bonchev–Trinajstić information content (AvgIpc) is 2.77. The van der Waals surface area contributed by atoms with E-state index in [1.54, 1.807) is 30.1 Å². The topological polar surface area (TPSA) is 85.9 Å². The molecule has 2 heterocycles. The van der Waals surface area contributed by atoms with Crippen molar-refractivity contribution in [2.45, 2.75) is 26.8 Å². The van der Waals surface area contributed by atoms with Crippen LogP contribution < -0.4 is 5.32 Å². The van der Waals surface area contributed by atoms with Crippen molar-refractivity contribution >= 4 is 17.2 Å². The van der Waals surface area contributed by atoms with Gasteiger partial charge in [-0.3, -0.25) is 14.8 Å². The van der Waals surface area contributed by atoms with Crippen LogP contribution >= 0.6 is 0 Å². The van der Waals surface area contributed by atoms with Crippen LogP contribution in [-0.4, -0.2) is 19.7 Å². The van der Waals surface area contributed by atoms with E-state index in [1.807, 2.05) is 13.8 Å². The quantitative estimate of drug-likeness (QED) is 0.675. The second kappa shape index (κ2) is 5.05. The molecular formula is C12H15N5O2. The maximum absolute atomic E-state index is 11.1. The van der Waals surface area contributed by atoms with Crippen LogP contribution in [0.3, 0.4) is 0 Å². The highest BCUT2D eigenvalue weighted by Crippen LogP contribution is 2.28. The van der Waals surface area contributed by atoms with Crippen molar-refractivity contribution in [3.63, 3.8) is 0 Å². The molecule has 0 spiro atoms. The molecule has 0 saturated heterocycles. The van der Waals surface area contributed by atoms with E-state index in [4.69, 9.17) is 0 Å². The Balaban J connectivity index is 2.32. The Labute approximate surface area is 110 Å². The summed E-state index contributed by atoms with van der Waals surface area (Å²) in [6.45, 7) is 5.69. The summed E-state index contributed by atoms with van der Waals surface area (Å²) in [6.07, 6.45) is 4.95. The number of aryl methyl sites for hydroxylation is 1. The largest absolute Gasteiger partial charge is 0.332 e. The van der Waals surface area contributed by atoms with Crippen LogP contribution in [0.1, 0.15) is 25.5 Å². The number of nitrogens with one attached hydrogen (secondary N) is 1. The van der Waals surface area contributed by atoms with Gasteiger partial charge in [0.15, 0.2) is 0 Å². The third-order valence-corrected chi connectivity index (χ3v) is 2.70. The lowest BCUT2D eigenvalue weighted by Gasteiger charge is -2.06. The minimum Gasteiger partial charge on any atom is -0.332 e. The van der Waals surface area contributed by atoms with Crippen molar-refractivity contribution in [3.05, 3.63) is 40.3 Å². The van der Waals surface area contributed by atoms with E-state index in [2.05, 4.69) is 15.4 Å². The highest BCUT2D eigenvalue weighted by molar-refractivity contribution is 5.66. The van der Waals surface area contributed by atoms with E-state index in [9.17, 15) is 10.1 Å². The summed E-state index contributed by atoms with van der Waals surface area (Å²) in [5.74, 6) is 0.230. The standard InChI is InChI=1S/C12H15N5O2/c1-8(2)16-7-10(6-14-16)15-12-11(17(18)19)9(3)4-5-13-12/h4-8H,1-3H3,(H,13,15). The summed E-state index contributed by atoms with van der Waals surface area (Å²) >= 11 is 0. The first kappa shape index (κ1) is 13.0. The first-order valence-corrected chi connectivity index (χ1v) is 5.90. The fourth-order valence-corrected chi connectivity index (χ4v) is 1.69. The maximum atomic E-state index is 11.1. The molecule has 2 aromatic heterocycles. The number of anilines is 2. The number of nitro groups is 1. The monoisotopic (exact) mass is 261 g/mol. The number of aromatic nitrogens is 3. The van der Waals surface area contributed by atoms with E-state index in [0.29, 0.717) is 11.3 Å². The van der Waals surface area contributed by atoms with Gasteiger partial charge in [0, 0.05) is 24.0 Å². The van der Waals surface area contributed by atoms with Crippen LogP contribution in [0.25, 0.3) is 0 Å². The minimum absolute atomic E-state index is 0.0141. The van der Waals surface area contributed by atoms with Crippen molar-refractivity contribution in [3.8, 4) is 0 Å². The Morgan fingerprint density at radius 1 is 1.47 bits per heavy atom. The lowest BCUT2D eigenvalue weighted by Crippen LogP contribution is -2.02. The normalized spacial score (nSPS) is 10.7. The van der Waals surface area contributed by atoms with Gasteiger partial charge in [0.2, 0.25) is 5.82 Å². The number of pyridine rings is 1. The Kier molecular flexibility index (Phi) is 3.46. The van der Waals surface area contributed by atoms with Crippen molar-refractivity contribution in [1.29, 1.82) is 0 Å². The predicted molar refractivity (Wildman–Crippen MR) is 71.5 cm³/mol. The molecule has 19 heavy (non-hydrogen) atoms. The van der Waals surface area contributed by atoms with Gasteiger partial charge in [-0.2, -0.15) is 5.10 Å². The van der Waals surface area contributed by atoms with E-state index >= 15 is 0 Å². The zero-order chi connectivity index (χ0) is 14.0. The third kappa shape index (κ3) is 2.70. The lowest BCUT2D eigenvalue weighted by atomic mass is 10.2. The van der Waals surface area contributed by atoms with E-state index in [1.165, 1.54) is 6.20 Å². The highest BCUT2D eigenvalue weighted by atomic mass is 16.6. The minimum atomic E-state index is -0.433. The molecule has 0 aliphatic heterocycles. The molecule has 0 bridgehead atoms. The summed E-state index contributed by atoms with van der Waals surface area (Å²) in [4.78, 5) is 14.6. The molecule has 0 atom stereocenters. The van der Waals surface area contributed by atoms with Crippen LogP contribution in [0.5, 0.6) is 0 Å². The van der Waals surface area contributed by atoms with Gasteiger partial charge in [-0.25, -0.2) is 4.98 Å². The molecule has 0 unspecified atom stereocenters. The maximum Gasteiger partial charge on any atom is 0.314 e. The molecule has 7 heteroatoms. The smallest absolute Gasteiger partial charge is 0.314 e. The summed E-state index contributed by atoms with van der Waals surface area (Å²) in [6, 6.07) is 1.84. The molecule has 1 N–H and O–H groups in total. The van der Waals surface area contributed by atoms with E-state index < -0.39 is 4.92 Å². The van der Waals surface area contributed by atoms with Gasteiger partial charge in [-0.05, 0) is 26.8 Å². The Morgan fingerprint density at radius 3 is 2.79 bits per heavy atom. The van der Waals surface area contributed by atoms with Gasteiger partial charge < -0.3 is 5.32 Å². The summed E-state index contributed by atoms with van der Waals surface area (Å²) in [5, 5.41) is 18.2. The fraction of sp³-hybridized carbons (Fsp3) is 0.333. The van der Waals surface area contributed by atoms with Gasteiger partial charge in [-0.15, -0.1) is 0 Å². The molecule has 0 aliphatic rings. The van der Waals surface area contributed by atoms with Crippen molar-refractivity contribution in [1.82, 2.24) is 14.8 Å². The van der Waals surface area contributed by atoms with Crippen LogP contribution in [0, 0.1) is 17.0 Å². The summed E-state index contributed by atoms with van der Waals surface area (Å²) in [5.41, 5.74) is 1.23. The molecule has 100 valence electrons. The molecule has 0 radical (unpaired) electrons. The number of hydrogen-bond acceptors (Lipinski definition) is 5. The number of nitrogens with zero attached hydrogens (tertiary/aromatic N) is 4. The Morgan fingerprint density at radius 2 is 2.21 bits per heavy atom. The number of rotatable bonds is 4. The Bertz CT molecular complexity index is 606. The summed E-state index contributed by atoms with van der Waals surface area (Å²) < 4.78 is 1.77. The molecule has 7 nitrogen and oxygen atoms in total. The van der Waals surface area contributed by atoms with Gasteiger partial charge in [0.05, 0.1) is 16.8 Å². The zero-order valence-corrected chi connectivity index (χ0v) is 11.0. The first-order valence-electron chi connectivity index (χ1n) is 5.90. The second-order valence-corrected chi connectivity index (χ2v) is 4.51. The molecule has 2 rings (SSSR count). The van der Waals surface area contributed by atoms with Crippen LogP contribution in [0.2, 0.25) is 0 Å². The highest BCUT2D eigenvalue weighted by Gasteiger charge is 2.18. The second-order valence-electron chi connectivity index (χ2n) is 4.51. The molecule has 0 amide bonds. The molecule has 0 aromatic carbocycles. The molecule has 0 aliphatic carbocycles. The van der Waals surface area contributed by atoms with E-state index in [0.717, 1.165) is 0 Å². The first-order chi connectivity index (χ1) is 8.99. The van der Waals surface area contributed by atoms with Gasteiger partial charge in [-0.1, -0.05) is 0 Å². The Hall–Kier alpha value is -2.44. The summed E-state index contributed by atoms with van der Waals surface area (Å²) in [7, 11) is 0. The number of hydrogen-bond donors (Lipinski definition) is 1. The molecular weight excluding hydrogens is 246 g/mol. The predicted octanol–water partition coefficient (Wildman–Crippen LogP) is 2.82. The van der Waals surface area contributed by atoms with Gasteiger partial charge in [0.1, 0.15) is 0 Å². The van der Waals surface area contributed by atoms with Crippen LogP contribution in [-0.2, 0) is 0 Å². The van der Waals surface area contributed by atoms with Gasteiger partial charge in [0.25, 0.3) is 0 Å². The van der Waals surface area contributed by atoms with Crippen molar-refractivity contribution in [2.75, 3.05) is 5.32 Å². The third-order valence-electron chi connectivity index (χ3n) is 2.70. The SMILES string of the molecule is Cc1ccnc(Nc2cnn(C(C)C)c2)c1[N+](=O)[O-]. The average molecular weight is 261 g/mol. The molecule has 0 saturated carbocycles. The molecule has 0 fully saturated rings. The van der Waals surface area contributed by atoms with Gasteiger partial charge >= 0.3 is 5.69 Å². The zero-order valence-electron chi connectivity index (χ0n) is 11.0.